The molecule has 3 rings (SSSR count). The van der Waals surface area contributed by atoms with Gasteiger partial charge in [0.1, 0.15) is 12.4 Å². The summed E-state index contributed by atoms with van der Waals surface area (Å²) in [6.45, 7) is 6.49. The first-order valence-corrected chi connectivity index (χ1v) is 11.7. The minimum absolute atomic E-state index is 0.108. The SMILES string of the molecule is CCN(CC1COc2ccccc2O1)C(=O)c1cc(S(=O)(=O)N(CC)CC)ccc1F. The Hall–Kier alpha value is -2.65. The van der Waals surface area contributed by atoms with E-state index < -0.39 is 27.9 Å². The highest BCUT2D eigenvalue weighted by molar-refractivity contribution is 7.89. The topological polar surface area (TPSA) is 76.1 Å². The number of benzene rings is 2. The van der Waals surface area contributed by atoms with Crippen molar-refractivity contribution in [3.63, 3.8) is 0 Å². The van der Waals surface area contributed by atoms with Crippen LogP contribution in [0.5, 0.6) is 11.5 Å². The van der Waals surface area contributed by atoms with Crippen LogP contribution in [0.2, 0.25) is 0 Å². The van der Waals surface area contributed by atoms with Crippen LogP contribution in [0, 0.1) is 5.82 Å². The second-order valence-electron chi connectivity index (χ2n) is 7.07. The fourth-order valence-electron chi connectivity index (χ4n) is 3.47. The molecule has 0 fully saturated rings. The molecule has 0 saturated heterocycles. The summed E-state index contributed by atoms with van der Waals surface area (Å²) < 4.78 is 53.0. The Labute approximate surface area is 182 Å². The van der Waals surface area contributed by atoms with Crippen molar-refractivity contribution in [3.8, 4) is 11.5 Å². The molecule has 9 heteroatoms. The fraction of sp³-hybridized carbons (Fsp3) is 0.409. The van der Waals surface area contributed by atoms with E-state index in [0.29, 0.717) is 18.0 Å². The number of carbonyl (C=O) groups is 1. The number of ether oxygens (including phenoxy) is 2. The van der Waals surface area contributed by atoms with E-state index in [-0.39, 0.29) is 36.7 Å². The van der Waals surface area contributed by atoms with Gasteiger partial charge in [-0.15, -0.1) is 0 Å². The van der Waals surface area contributed by atoms with E-state index >= 15 is 0 Å². The van der Waals surface area contributed by atoms with Gasteiger partial charge in [0.15, 0.2) is 17.6 Å². The quantitative estimate of drug-likeness (QED) is 0.618. The summed E-state index contributed by atoms with van der Waals surface area (Å²) >= 11 is 0. The van der Waals surface area contributed by atoms with Crippen LogP contribution in [0.4, 0.5) is 4.39 Å². The molecule has 1 aliphatic heterocycles. The van der Waals surface area contributed by atoms with E-state index in [0.717, 1.165) is 12.1 Å². The van der Waals surface area contributed by atoms with Gasteiger partial charge in [0.2, 0.25) is 10.0 Å². The highest BCUT2D eigenvalue weighted by atomic mass is 32.2. The molecule has 7 nitrogen and oxygen atoms in total. The van der Waals surface area contributed by atoms with Gasteiger partial charge < -0.3 is 14.4 Å². The van der Waals surface area contributed by atoms with E-state index in [4.69, 9.17) is 9.47 Å². The van der Waals surface area contributed by atoms with Crippen molar-refractivity contribution in [2.24, 2.45) is 0 Å². The number of hydrogen-bond donors (Lipinski definition) is 0. The van der Waals surface area contributed by atoms with Crippen LogP contribution in [0.25, 0.3) is 0 Å². The molecule has 2 aromatic carbocycles. The Balaban J connectivity index is 1.82. The average molecular weight is 451 g/mol. The van der Waals surface area contributed by atoms with Crippen molar-refractivity contribution < 1.29 is 27.1 Å². The second-order valence-corrected chi connectivity index (χ2v) is 9.01. The van der Waals surface area contributed by atoms with Gasteiger partial charge in [0, 0.05) is 19.6 Å². The summed E-state index contributed by atoms with van der Waals surface area (Å²) in [6, 6.07) is 10.6. The molecule has 0 aliphatic carbocycles. The van der Waals surface area contributed by atoms with Crippen molar-refractivity contribution in [1.29, 1.82) is 0 Å². The number of likely N-dealkylation sites (N-methyl/N-ethyl adjacent to an activating group) is 1. The minimum atomic E-state index is -3.82. The van der Waals surface area contributed by atoms with Gasteiger partial charge >= 0.3 is 0 Å². The molecule has 0 saturated carbocycles. The van der Waals surface area contributed by atoms with E-state index in [2.05, 4.69) is 0 Å². The van der Waals surface area contributed by atoms with Gasteiger partial charge in [0.25, 0.3) is 5.91 Å². The first-order chi connectivity index (χ1) is 14.8. The van der Waals surface area contributed by atoms with E-state index in [1.54, 1.807) is 32.9 Å². The third-order valence-corrected chi connectivity index (χ3v) is 7.22. The van der Waals surface area contributed by atoms with Crippen LogP contribution in [-0.4, -0.2) is 62.4 Å². The summed E-state index contributed by atoms with van der Waals surface area (Å²) in [6.07, 6.45) is -0.426. The Kier molecular flexibility index (Phi) is 7.17. The number of rotatable bonds is 8. The monoisotopic (exact) mass is 450 g/mol. The lowest BCUT2D eigenvalue weighted by molar-refractivity contribution is 0.0472. The van der Waals surface area contributed by atoms with Gasteiger partial charge in [-0.25, -0.2) is 12.8 Å². The Morgan fingerprint density at radius 1 is 1.06 bits per heavy atom. The van der Waals surface area contributed by atoms with Crippen LogP contribution >= 0.6 is 0 Å². The Morgan fingerprint density at radius 2 is 1.74 bits per heavy atom. The van der Waals surface area contributed by atoms with E-state index in [1.165, 1.54) is 15.3 Å². The number of fused-ring (bicyclic) bond motifs is 1. The highest BCUT2D eigenvalue weighted by Crippen LogP contribution is 2.31. The van der Waals surface area contributed by atoms with Crippen LogP contribution in [0.15, 0.2) is 47.4 Å². The zero-order chi connectivity index (χ0) is 22.6. The normalized spacial score (nSPS) is 15.7. The minimum Gasteiger partial charge on any atom is -0.486 e. The lowest BCUT2D eigenvalue weighted by Gasteiger charge is -2.31. The lowest BCUT2D eigenvalue weighted by Crippen LogP contribution is -2.43. The molecule has 0 N–H and O–H groups in total. The molecule has 1 unspecified atom stereocenters. The molecule has 1 atom stereocenters. The zero-order valence-corrected chi connectivity index (χ0v) is 18.7. The van der Waals surface area contributed by atoms with Crippen molar-refractivity contribution in [2.75, 3.05) is 32.8 Å². The smallest absolute Gasteiger partial charge is 0.256 e. The third kappa shape index (κ3) is 4.83. The second kappa shape index (κ2) is 9.65. The first-order valence-electron chi connectivity index (χ1n) is 10.3. The number of halogens is 1. The van der Waals surface area contributed by atoms with Crippen molar-refractivity contribution >= 4 is 15.9 Å². The van der Waals surface area contributed by atoms with Gasteiger partial charge in [-0.1, -0.05) is 26.0 Å². The van der Waals surface area contributed by atoms with Crippen LogP contribution in [0.3, 0.4) is 0 Å². The predicted octanol–water partition coefficient (Wildman–Crippen LogP) is 3.16. The van der Waals surface area contributed by atoms with Gasteiger partial charge in [-0.05, 0) is 37.3 Å². The lowest BCUT2D eigenvalue weighted by atomic mass is 10.1. The molecule has 2 aromatic rings. The number of hydrogen-bond acceptors (Lipinski definition) is 5. The number of nitrogens with zero attached hydrogens (tertiary/aromatic N) is 2. The number of sulfonamides is 1. The Morgan fingerprint density at radius 3 is 2.39 bits per heavy atom. The Bertz CT molecular complexity index is 1040. The number of carbonyl (C=O) groups excluding carboxylic acids is 1. The number of para-hydroxylation sites is 2. The summed E-state index contributed by atoms with van der Waals surface area (Å²) in [5.74, 6) is -0.151. The molecule has 1 heterocycles. The molecule has 0 bridgehead atoms. The fourth-order valence-corrected chi connectivity index (χ4v) is 4.95. The highest BCUT2D eigenvalue weighted by Gasteiger charge is 2.28. The maximum Gasteiger partial charge on any atom is 0.256 e. The zero-order valence-electron chi connectivity index (χ0n) is 17.9. The molecular weight excluding hydrogens is 423 g/mol. The van der Waals surface area contributed by atoms with E-state index in [9.17, 15) is 17.6 Å². The summed E-state index contributed by atoms with van der Waals surface area (Å²) in [7, 11) is -3.82. The molecule has 1 aliphatic rings. The van der Waals surface area contributed by atoms with Crippen molar-refractivity contribution in [3.05, 3.63) is 53.8 Å². The molecule has 0 radical (unpaired) electrons. The predicted molar refractivity (Wildman–Crippen MR) is 114 cm³/mol. The molecule has 168 valence electrons. The molecule has 1 amide bonds. The number of amides is 1. The molecule has 0 spiro atoms. The first kappa shape index (κ1) is 23.0. The third-order valence-electron chi connectivity index (χ3n) is 5.17. The molecule has 31 heavy (non-hydrogen) atoms. The van der Waals surface area contributed by atoms with Gasteiger partial charge in [-0.3, -0.25) is 4.79 Å². The maximum absolute atomic E-state index is 14.5. The maximum atomic E-state index is 14.5. The van der Waals surface area contributed by atoms with Crippen LogP contribution in [0.1, 0.15) is 31.1 Å². The molecule has 0 aromatic heterocycles. The molecular formula is C22H27FN2O5S. The summed E-state index contributed by atoms with van der Waals surface area (Å²) in [5.41, 5.74) is -0.285. The summed E-state index contributed by atoms with van der Waals surface area (Å²) in [4.78, 5) is 14.4. The van der Waals surface area contributed by atoms with Crippen molar-refractivity contribution in [1.82, 2.24) is 9.21 Å². The standard InChI is InChI=1S/C22H27FN2O5S/c1-4-24(14-16-15-29-20-9-7-8-10-21(20)30-16)22(26)18-13-17(11-12-19(18)23)31(27,28)25(5-2)6-3/h7-13,16H,4-6,14-15H2,1-3H3. The largest absolute Gasteiger partial charge is 0.486 e. The van der Waals surface area contributed by atoms with Crippen LogP contribution in [-0.2, 0) is 10.0 Å². The van der Waals surface area contributed by atoms with Gasteiger partial charge in [0.05, 0.1) is 17.0 Å². The summed E-state index contributed by atoms with van der Waals surface area (Å²) in [5, 5.41) is 0. The van der Waals surface area contributed by atoms with Crippen LogP contribution < -0.4 is 9.47 Å². The average Bonchev–Trinajstić information content (AvgIpc) is 2.77. The van der Waals surface area contributed by atoms with E-state index in [1.807, 2.05) is 12.1 Å². The van der Waals surface area contributed by atoms with Crippen molar-refractivity contribution in [2.45, 2.75) is 31.8 Å². The van der Waals surface area contributed by atoms with Gasteiger partial charge in [-0.2, -0.15) is 4.31 Å².